The van der Waals surface area contributed by atoms with Gasteiger partial charge in [-0.3, -0.25) is 0 Å². The largest absolute Gasteiger partial charge is 0.480 e. The monoisotopic (exact) mass is 253 g/mol. The van der Waals surface area contributed by atoms with Gasteiger partial charge in [-0.05, 0) is 19.3 Å². The molecule has 1 heterocycles. The van der Waals surface area contributed by atoms with Crippen LogP contribution in [0.15, 0.2) is 0 Å². The second-order valence-electron chi connectivity index (χ2n) is 4.85. The molecule has 6 nitrogen and oxygen atoms in total. The molecule has 1 fully saturated rings. The van der Waals surface area contributed by atoms with E-state index < -0.39 is 12.0 Å². The number of hydrogen-bond donors (Lipinski definition) is 1. The molecule has 0 aromatic carbocycles. The molecule has 1 N–H and O–H groups in total. The Kier molecular flexibility index (Phi) is 4.54. The highest BCUT2D eigenvalue weighted by Gasteiger charge is 2.41. The topological polar surface area (TPSA) is 84.6 Å². The van der Waals surface area contributed by atoms with Crippen LogP contribution < -0.4 is 0 Å². The molecule has 3 atom stereocenters. The normalized spacial score (nSPS) is 24.4. The molecule has 100 valence electrons. The zero-order valence-corrected chi connectivity index (χ0v) is 11.0. The van der Waals surface area contributed by atoms with Gasteiger partial charge in [0.25, 0.3) is 0 Å². The Hall–Kier alpha value is -1.77. The number of rotatable bonds is 3. The lowest BCUT2D eigenvalue weighted by Gasteiger charge is -2.31. The molecule has 0 aromatic rings. The molecule has 6 heteroatoms. The van der Waals surface area contributed by atoms with Crippen molar-refractivity contribution in [2.75, 3.05) is 13.6 Å². The van der Waals surface area contributed by atoms with Crippen molar-refractivity contribution in [2.24, 2.45) is 5.92 Å². The second kappa shape index (κ2) is 5.71. The van der Waals surface area contributed by atoms with E-state index in [2.05, 4.69) is 0 Å². The first-order valence-electron chi connectivity index (χ1n) is 6.03. The van der Waals surface area contributed by atoms with Gasteiger partial charge in [0, 0.05) is 19.6 Å². The fourth-order valence-corrected chi connectivity index (χ4v) is 2.20. The van der Waals surface area contributed by atoms with Crippen LogP contribution in [0.3, 0.4) is 0 Å². The van der Waals surface area contributed by atoms with Crippen LogP contribution >= 0.6 is 0 Å². The number of carbonyl (C=O) groups excluding carboxylic acids is 1. The van der Waals surface area contributed by atoms with E-state index in [9.17, 15) is 9.59 Å². The molecule has 0 saturated carbocycles. The van der Waals surface area contributed by atoms with Gasteiger partial charge >= 0.3 is 12.0 Å². The van der Waals surface area contributed by atoms with E-state index in [-0.39, 0.29) is 24.4 Å². The fraction of sp³-hybridized carbons (Fsp3) is 0.750. The number of carboxylic acids is 1. The van der Waals surface area contributed by atoms with Crippen LogP contribution in [-0.2, 0) is 4.79 Å². The lowest BCUT2D eigenvalue weighted by Crippen LogP contribution is -2.50. The van der Waals surface area contributed by atoms with Crippen LogP contribution in [0, 0.1) is 17.2 Å². The minimum absolute atomic E-state index is 0.0360. The lowest BCUT2D eigenvalue weighted by molar-refractivity contribution is -0.142. The summed E-state index contributed by atoms with van der Waals surface area (Å²) in [6.07, 6.45) is 0.937. The molecule has 0 spiro atoms. The van der Waals surface area contributed by atoms with Gasteiger partial charge in [0.1, 0.15) is 6.04 Å². The van der Waals surface area contributed by atoms with Crippen molar-refractivity contribution in [3.05, 3.63) is 0 Å². The molecule has 1 aliphatic rings. The minimum Gasteiger partial charge on any atom is -0.480 e. The summed E-state index contributed by atoms with van der Waals surface area (Å²) in [6.45, 7) is 4.07. The molecule has 18 heavy (non-hydrogen) atoms. The van der Waals surface area contributed by atoms with Gasteiger partial charge in [-0.2, -0.15) is 5.26 Å². The highest BCUT2D eigenvalue weighted by Crippen LogP contribution is 2.25. The number of likely N-dealkylation sites (tertiary alicyclic amines) is 1. The highest BCUT2D eigenvalue weighted by molar-refractivity contribution is 5.83. The first-order chi connectivity index (χ1) is 8.40. The van der Waals surface area contributed by atoms with Gasteiger partial charge in [-0.1, -0.05) is 6.92 Å². The number of urea groups is 1. The molecule has 1 rings (SSSR count). The fourth-order valence-electron chi connectivity index (χ4n) is 2.20. The minimum atomic E-state index is -0.963. The van der Waals surface area contributed by atoms with E-state index in [1.807, 2.05) is 13.0 Å². The summed E-state index contributed by atoms with van der Waals surface area (Å²) >= 11 is 0. The molecule has 3 unspecified atom stereocenters. The zero-order valence-electron chi connectivity index (χ0n) is 11.0. The third-order valence-corrected chi connectivity index (χ3v) is 3.55. The van der Waals surface area contributed by atoms with Crippen molar-refractivity contribution in [2.45, 2.75) is 38.8 Å². The third kappa shape index (κ3) is 2.73. The maximum absolute atomic E-state index is 12.2. The number of aliphatic carboxylic acids is 1. The maximum Gasteiger partial charge on any atom is 0.326 e. The maximum atomic E-state index is 12.2. The van der Waals surface area contributed by atoms with Crippen molar-refractivity contribution < 1.29 is 14.7 Å². The van der Waals surface area contributed by atoms with Crippen LogP contribution in [0.25, 0.3) is 0 Å². The van der Waals surface area contributed by atoms with E-state index in [0.29, 0.717) is 13.0 Å². The molecular weight excluding hydrogens is 234 g/mol. The van der Waals surface area contributed by atoms with Crippen molar-refractivity contribution in [1.82, 2.24) is 9.80 Å². The standard InChI is InChI=1S/C12H19N3O3/c1-8-5-7-15(10(8)11(16)17)12(18)14(3)9(2)4-6-13/h8-10H,4-5,7H2,1-3H3,(H,16,17). The Morgan fingerprint density at radius 3 is 2.72 bits per heavy atom. The first kappa shape index (κ1) is 14.3. The average molecular weight is 253 g/mol. The SMILES string of the molecule is CC1CCN(C(=O)N(C)C(C)CC#N)C1C(=O)O. The molecule has 0 bridgehead atoms. The molecule has 0 radical (unpaired) electrons. The number of hydrogen-bond acceptors (Lipinski definition) is 3. The van der Waals surface area contributed by atoms with Gasteiger partial charge in [-0.25, -0.2) is 9.59 Å². The molecule has 1 aliphatic heterocycles. The number of nitriles is 1. The summed E-state index contributed by atoms with van der Waals surface area (Å²) in [5, 5.41) is 17.8. The Balaban J connectivity index is 2.78. The van der Waals surface area contributed by atoms with Crippen molar-refractivity contribution in [3.63, 3.8) is 0 Å². The van der Waals surface area contributed by atoms with Crippen molar-refractivity contribution in [1.29, 1.82) is 5.26 Å². The van der Waals surface area contributed by atoms with Crippen LogP contribution in [0.2, 0.25) is 0 Å². The lowest BCUT2D eigenvalue weighted by atomic mass is 10.0. The molecular formula is C12H19N3O3. The van der Waals surface area contributed by atoms with Crippen LogP contribution in [-0.4, -0.2) is 52.6 Å². The quantitative estimate of drug-likeness (QED) is 0.817. The summed E-state index contributed by atoms with van der Waals surface area (Å²) in [4.78, 5) is 26.2. The average Bonchev–Trinajstić information content (AvgIpc) is 2.69. The molecule has 0 aliphatic carbocycles. The van der Waals surface area contributed by atoms with Gasteiger partial charge < -0.3 is 14.9 Å². The van der Waals surface area contributed by atoms with Crippen molar-refractivity contribution in [3.8, 4) is 6.07 Å². The smallest absolute Gasteiger partial charge is 0.326 e. The van der Waals surface area contributed by atoms with E-state index >= 15 is 0 Å². The zero-order chi connectivity index (χ0) is 13.9. The Bertz CT molecular complexity index is 377. The Labute approximate surface area is 107 Å². The number of nitrogens with zero attached hydrogens (tertiary/aromatic N) is 3. The van der Waals surface area contributed by atoms with Gasteiger partial charge in [0.15, 0.2) is 0 Å². The summed E-state index contributed by atoms with van der Waals surface area (Å²) < 4.78 is 0. The Morgan fingerprint density at radius 1 is 1.61 bits per heavy atom. The number of carboxylic acid groups (broad SMARTS) is 1. The second-order valence-corrected chi connectivity index (χ2v) is 4.85. The predicted octanol–water partition coefficient (Wildman–Crippen LogP) is 1.14. The van der Waals surface area contributed by atoms with Crippen LogP contribution in [0.1, 0.15) is 26.7 Å². The van der Waals surface area contributed by atoms with E-state index in [4.69, 9.17) is 10.4 Å². The van der Waals surface area contributed by atoms with Gasteiger partial charge in [-0.15, -0.1) is 0 Å². The van der Waals surface area contributed by atoms with Crippen LogP contribution in [0.5, 0.6) is 0 Å². The summed E-state index contributed by atoms with van der Waals surface area (Å²) in [6, 6.07) is 0.727. The number of carbonyl (C=O) groups is 2. The Morgan fingerprint density at radius 2 is 2.22 bits per heavy atom. The van der Waals surface area contributed by atoms with E-state index in [0.717, 1.165) is 0 Å². The first-order valence-corrected chi connectivity index (χ1v) is 6.03. The van der Waals surface area contributed by atoms with Crippen LogP contribution in [0.4, 0.5) is 4.79 Å². The van der Waals surface area contributed by atoms with E-state index in [1.54, 1.807) is 14.0 Å². The molecule has 0 aromatic heterocycles. The third-order valence-electron chi connectivity index (χ3n) is 3.55. The predicted molar refractivity (Wildman–Crippen MR) is 64.8 cm³/mol. The summed E-state index contributed by atoms with van der Waals surface area (Å²) in [5.41, 5.74) is 0. The van der Waals surface area contributed by atoms with E-state index in [1.165, 1.54) is 9.80 Å². The summed E-state index contributed by atoms with van der Waals surface area (Å²) in [7, 11) is 1.60. The molecule has 1 saturated heterocycles. The highest BCUT2D eigenvalue weighted by atomic mass is 16.4. The molecule has 2 amide bonds. The number of amides is 2. The van der Waals surface area contributed by atoms with Crippen molar-refractivity contribution >= 4 is 12.0 Å². The van der Waals surface area contributed by atoms with Gasteiger partial charge in [0.2, 0.25) is 0 Å². The summed E-state index contributed by atoms with van der Waals surface area (Å²) in [5.74, 6) is -0.999. The van der Waals surface area contributed by atoms with Gasteiger partial charge in [0.05, 0.1) is 12.5 Å².